The van der Waals surface area contributed by atoms with E-state index < -0.39 is 10.8 Å². The summed E-state index contributed by atoms with van der Waals surface area (Å²) in [7, 11) is 0. The van der Waals surface area contributed by atoms with E-state index in [1.54, 1.807) is 24.3 Å². The lowest BCUT2D eigenvalue weighted by Crippen LogP contribution is -2.18. The van der Waals surface area contributed by atoms with Crippen molar-refractivity contribution >= 4 is 27.7 Å². The zero-order valence-corrected chi connectivity index (χ0v) is 10.9. The number of ether oxygens (including phenoxy) is 1. The first kappa shape index (κ1) is 13.7. The van der Waals surface area contributed by atoms with E-state index in [4.69, 9.17) is 9.84 Å². The second kappa shape index (κ2) is 6.39. The molecule has 0 heterocycles. The normalized spacial score (nSPS) is 11.9. The molecule has 0 spiro atoms. The van der Waals surface area contributed by atoms with Gasteiger partial charge in [0, 0.05) is 5.56 Å². The molecule has 0 bridgehead atoms. The van der Waals surface area contributed by atoms with E-state index in [0.29, 0.717) is 17.9 Å². The number of carbonyl (C=O) groups excluding carboxylic acids is 1. The van der Waals surface area contributed by atoms with Gasteiger partial charge >= 0.3 is 5.97 Å². The van der Waals surface area contributed by atoms with Crippen molar-refractivity contribution in [2.24, 2.45) is 0 Å². The number of Topliss-reactive ketones (excluding diaryl/α,β-unsaturated/α-hetero) is 1. The first-order chi connectivity index (χ1) is 8.04. The predicted molar refractivity (Wildman–Crippen MR) is 66.9 cm³/mol. The lowest BCUT2D eigenvalue weighted by atomic mass is 10.1. The van der Waals surface area contributed by atoms with Crippen LogP contribution in [0.1, 0.15) is 23.7 Å². The van der Waals surface area contributed by atoms with E-state index in [2.05, 4.69) is 15.9 Å². The minimum absolute atomic E-state index is 0.230. The van der Waals surface area contributed by atoms with Gasteiger partial charge in [0.05, 0.1) is 17.9 Å². The Bertz CT molecular complexity index is 399. The Morgan fingerprint density at radius 1 is 1.35 bits per heavy atom. The van der Waals surface area contributed by atoms with Crippen LogP contribution < -0.4 is 4.74 Å². The number of hydrogen-bond acceptors (Lipinski definition) is 3. The SMILES string of the molecule is CCOc1ccc(C(=O)[C@H](Br)CC(=O)O)cc1. The number of carbonyl (C=O) groups is 2. The lowest BCUT2D eigenvalue weighted by Gasteiger charge is -2.07. The number of hydrogen-bond donors (Lipinski definition) is 1. The fourth-order valence-corrected chi connectivity index (χ4v) is 1.85. The molecule has 1 N–H and O–H groups in total. The summed E-state index contributed by atoms with van der Waals surface area (Å²) < 4.78 is 5.25. The Balaban J connectivity index is 2.72. The molecular weight excluding hydrogens is 288 g/mol. The zero-order valence-electron chi connectivity index (χ0n) is 9.35. The van der Waals surface area contributed by atoms with Gasteiger partial charge in [-0.15, -0.1) is 0 Å². The minimum Gasteiger partial charge on any atom is -0.494 e. The van der Waals surface area contributed by atoms with E-state index in [1.165, 1.54) is 0 Å². The molecule has 0 fully saturated rings. The van der Waals surface area contributed by atoms with Crippen molar-refractivity contribution < 1.29 is 19.4 Å². The molecular formula is C12H13BrO4. The molecule has 0 saturated carbocycles. The monoisotopic (exact) mass is 300 g/mol. The van der Waals surface area contributed by atoms with Crippen LogP contribution in [0.2, 0.25) is 0 Å². The molecule has 0 unspecified atom stereocenters. The summed E-state index contributed by atoms with van der Waals surface area (Å²) in [5.74, 6) is -0.560. The average Bonchev–Trinajstić information content (AvgIpc) is 2.28. The van der Waals surface area contributed by atoms with Gasteiger partial charge in [0.2, 0.25) is 0 Å². The van der Waals surface area contributed by atoms with Crippen LogP contribution in [0, 0.1) is 0 Å². The number of benzene rings is 1. The Kier molecular flexibility index (Phi) is 5.15. The molecule has 1 rings (SSSR count). The minimum atomic E-state index is -1.01. The fraction of sp³-hybridized carbons (Fsp3) is 0.333. The highest BCUT2D eigenvalue weighted by Crippen LogP contribution is 2.17. The maximum Gasteiger partial charge on any atom is 0.304 e. The molecule has 17 heavy (non-hydrogen) atoms. The van der Waals surface area contributed by atoms with Gasteiger partial charge in [0.15, 0.2) is 5.78 Å². The predicted octanol–water partition coefficient (Wildman–Crippen LogP) is 2.51. The molecule has 92 valence electrons. The first-order valence-electron chi connectivity index (χ1n) is 5.17. The molecule has 0 aliphatic rings. The van der Waals surface area contributed by atoms with Crippen LogP contribution in [-0.4, -0.2) is 28.3 Å². The van der Waals surface area contributed by atoms with Crippen LogP contribution in [0.5, 0.6) is 5.75 Å². The van der Waals surface area contributed by atoms with E-state index in [1.807, 2.05) is 6.92 Å². The van der Waals surface area contributed by atoms with Crippen LogP contribution in [0.15, 0.2) is 24.3 Å². The summed E-state index contributed by atoms with van der Waals surface area (Å²) in [6.45, 7) is 2.44. The molecule has 0 radical (unpaired) electrons. The van der Waals surface area contributed by atoms with E-state index >= 15 is 0 Å². The van der Waals surface area contributed by atoms with E-state index in [0.717, 1.165) is 0 Å². The van der Waals surface area contributed by atoms with Crippen molar-refractivity contribution in [3.8, 4) is 5.75 Å². The van der Waals surface area contributed by atoms with Crippen molar-refractivity contribution in [1.82, 2.24) is 0 Å². The first-order valence-corrected chi connectivity index (χ1v) is 6.09. The number of rotatable bonds is 6. The highest BCUT2D eigenvalue weighted by Gasteiger charge is 2.19. The maximum atomic E-state index is 11.8. The van der Waals surface area contributed by atoms with Gasteiger partial charge in [-0.25, -0.2) is 0 Å². The van der Waals surface area contributed by atoms with Crippen molar-refractivity contribution in [2.75, 3.05) is 6.61 Å². The van der Waals surface area contributed by atoms with E-state index in [-0.39, 0.29) is 12.2 Å². The van der Waals surface area contributed by atoms with Crippen LogP contribution in [0.25, 0.3) is 0 Å². The number of carboxylic acid groups (broad SMARTS) is 1. The largest absolute Gasteiger partial charge is 0.494 e. The fourth-order valence-electron chi connectivity index (χ4n) is 1.31. The smallest absolute Gasteiger partial charge is 0.304 e. The molecule has 0 aromatic heterocycles. The number of halogens is 1. The van der Waals surface area contributed by atoms with Crippen molar-refractivity contribution in [2.45, 2.75) is 18.2 Å². The van der Waals surface area contributed by atoms with Crippen LogP contribution in [0.3, 0.4) is 0 Å². The molecule has 1 aromatic rings. The second-order valence-corrected chi connectivity index (χ2v) is 4.49. The second-order valence-electron chi connectivity index (χ2n) is 3.39. The number of ketones is 1. The summed E-state index contributed by atoms with van der Waals surface area (Å²) in [5, 5.41) is 8.59. The van der Waals surface area contributed by atoms with Gasteiger partial charge in [-0.05, 0) is 31.2 Å². The number of alkyl halides is 1. The number of carboxylic acids is 1. The Morgan fingerprint density at radius 3 is 2.41 bits per heavy atom. The van der Waals surface area contributed by atoms with Gasteiger partial charge in [0.1, 0.15) is 5.75 Å². The van der Waals surface area contributed by atoms with Crippen LogP contribution in [-0.2, 0) is 4.79 Å². The summed E-state index contributed by atoms with van der Waals surface area (Å²) in [6, 6.07) is 6.64. The maximum absolute atomic E-state index is 11.8. The highest BCUT2D eigenvalue weighted by molar-refractivity contribution is 9.10. The highest BCUT2D eigenvalue weighted by atomic mass is 79.9. The van der Waals surface area contributed by atoms with Crippen LogP contribution in [0.4, 0.5) is 0 Å². The van der Waals surface area contributed by atoms with Crippen LogP contribution >= 0.6 is 15.9 Å². The quantitative estimate of drug-likeness (QED) is 0.648. The molecule has 4 nitrogen and oxygen atoms in total. The molecule has 0 saturated heterocycles. The standard InChI is InChI=1S/C12H13BrO4/c1-2-17-9-5-3-8(4-6-9)12(16)10(13)7-11(14)15/h3-6,10H,2,7H2,1H3,(H,14,15)/t10-/m1/s1. The van der Waals surface area contributed by atoms with Crippen molar-refractivity contribution in [3.05, 3.63) is 29.8 Å². The summed E-state index contributed by atoms with van der Waals surface area (Å²) in [4.78, 5) is 21.6. The molecule has 0 aliphatic carbocycles. The summed E-state index contributed by atoms with van der Waals surface area (Å²) >= 11 is 3.07. The summed E-state index contributed by atoms with van der Waals surface area (Å²) in [5.41, 5.74) is 0.469. The number of aliphatic carboxylic acids is 1. The molecule has 1 atom stereocenters. The lowest BCUT2D eigenvalue weighted by molar-refractivity contribution is -0.136. The van der Waals surface area contributed by atoms with Gasteiger partial charge in [-0.1, -0.05) is 15.9 Å². The Labute approximate surface area is 108 Å². The van der Waals surface area contributed by atoms with Gasteiger partial charge < -0.3 is 9.84 Å². The summed E-state index contributed by atoms with van der Waals surface area (Å²) in [6.07, 6.45) is -0.230. The topological polar surface area (TPSA) is 63.6 Å². The zero-order chi connectivity index (χ0) is 12.8. The third kappa shape index (κ3) is 4.19. The Hall–Kier alpha value is -1.36. The third-order valence-corrected chi connectivity index (χ3v) is 2.83. The van der Waals surface area contributed by atoms with Crippen molar-refractivity contribution in [1.29, 1.82) is 0 Å². The molecule has 0 aliphatic heterocycles. The molecule has 1 aromatic carbocycles. The Morgan fingerprint density at radius 2 is 1.94 bits per heavy atom. The van der Waals surface area contributed by atoms with E-state index in [9.17, 15) is 9.59 Å². The average molecular weight is 301 g/mol. The van der Waals surface area contributed by atoms with Gasteiger partial charge in [-0.3, -0.25) is 9.59 Å². The van der Waals surface area contributed by atoms with Gasteiger partial charge in [-0.2, -0.15) is 0 Å². The van der Waals surface area contributed by atoms with Crippen molar-refractivity contribution in [3.63, 3.8) is 0 Å². The third-order valence-electron chi connectivity index (χ3n) is 2.09. The molecule has 5 heteroatoms. The van der Waals surface area contributed by atoms with Gasteiger partial charge in [0.25, 0.3) is 0 Å². The molecule has 0 amide bonds.